The van der Waals surface area contributed by atoms with E-state index in [4.69, 9.17) is 9.97 Å². The summed E-state index contributed by atoms with van der Waals surface area (Å²) in [6.07, 6.45) is 30.1. The minimum absolute atomic E-state index is 1.12. The van der Waals surface area contributed by atoms with Crippen molar-refractivity contribution in [2.45, 2.75) is 169 Å². The lowest BCUT2D eigenvalue weighted by molar-refractivity contribution is 0.556. The van der Waals surface area contributed by atoms with Crippen molar-refractivity contribution in [2.75, 3.05) is 0 Å². The summed E-state index contributed by atoms with van der Waals surface area (Å²) in [6.45, 7) is 9.09. The summed E-state index contributed by atoms with van der Waals surface area (Å²) in [5.41, 5.74) is 3.00. The van der Waals surface area contributed by atoms with Crippen LogP contribution in [0.4, 0.5) is 0 Å². The first-order valence-corrected chi connectivity index (χ1v) is 21.3. The molecular formula is C38H58N2S4. The van der Waals surface area contributed by atoms with Crippen molar-refractivity contribution in [3.8, 4) is 19.8 Å². The molecule has 0 spiro atoms. The van der Waals surface area contributed by atoms with Gasteiger partial charge in [0.15, 0.2) is 9.66 Å². The van der Waals surface area contributed by atoms with Crippen LogP contribution in [0.1, 0.15) is 163 Å². The molecule has 0 aliphatic carbocycles. The second-order valence-corrected chi connectivity index (χ2v) is 17.4. The molecule has 0 aromatic carbocycles. The van der Waals surface area contributed by atoms with Crippen LogP contribution in [-0.4, -0.2) is 9.97 Å². The van der Waals surface area contributed by atoms with Gasteiger partial charge in [-0.1, -0.05) is 152 Å². The van der Waals surface area contributed by atoms with Crippen molar-refractivity contribution in [1.29, 1.82) is 0 Å². The molecule has 0 N–H and O–H groups in total. The highest BCUT2D eigenvalue weighted by molar-refractivity contribution is 7.32. The Balaban J connectivity index is 1.25. The number of nitrogens with zero attached hydrogens (tertiary/aromatic N) is 2. The van der Waals surface area contributed by atoms with Gasteiger partial charge in [0.1, 0.15) is 10.0 Å². The average molecular weight is 671 g/mol. The van der Waals surface area contributed by atoms with E-state index in [0.29, 0.717) is 0 Å². The summed E-state index contributed by atoms with van der Waals surface area (Å²) >= 11 is 7.45. The van der Waals surface area contributed by atoms with E-state index in [0.717, 1.165) is 9.66 Å². The van der Waals surface area contributed by atoms with Crippen LogP contribution in [0.3, 0.4) is 0 Å². The summed E-state index contributed by atoms with van der Waals surface area (Å²) < 4.78 is 0. The summed E-state index contributed by atoms with van der Waals surface area (Å²) in [6, 6.07) is 4.83. The molecule has 0 saturated heterocycles. The van der Waals surface area contributed by atoms with E-state index in [-0.39, 0.29) is 0 Å². The van der Waals surface area contributed by atoms with E-state index >= 15 is 0 Å². The zero-order valence-corrected chi connectivity index (χ0v) is 31.5. The number of thiazole rings is 2. The maximum absolute atomic E-state index is 5.16. The van der Waals surface area contributed by atoms with Gasteiger partial charge in [-0.3, -0.25) is 0 Å². The fourth-order valence-electron chi connectivity index (χ4n) is 6.31. The molecule has 0 atom stereocenters. The number of aryl methyl sites for hydroxylation is 4. The van der Waals surface area contributed by atoms with E-state index in [9.17, 15) is 0 Å². The lowest BCUT2D eigenvalue weighted by Crippen LogP contribution is -1.87. The lowest BCUT2D eigenvalue weighted by Gasteiger charge is -2.04. The first kappa shape index (κ1) is 35.8. The topological polar surface area (TPSA) is 25.8 Å². The Morgan fingerprint density at radius 2 is 0.750 bits per heavy atom. The molecule has 0 radical (unpaired) electrons. The molecule has 4 aromatic heterocycles. The molecule has 4 rings (SSSR count). The first-order valence-electron chi connectivity index (χ1n) is 18.1. The highest BCUT2D eigenvalue weighted by Gasteiger charge is 2.19. The Bertz CT molecular complexity index is 1210. The predicted octanol–water partition coefficient (Wildman–Crippen LogP) is 14.8. The van der Waals surface area contributed by atoms with Gasteiger partial charge in [-0.2, -0.15) is 0 Å². The predicted molar refractivity (Wildman–Crippen MR) is 202 cm³/mol. The summed E-state index contributed by atoms with van der Waals surface area (Å²) in [5.74, 6) is 0. The first-order chi connectivity index (χ1) is 21.6. The van der Waals surface area contributed by atoms with Crippen LogP contribution in [0.15, 0.2) is 12.1 Å². The van der Waals surface area contributed by atoms with Gasteiger partial charge in [0, 0.05) is 9.75 Å². The van der Waals surface area contributed by atoms with E-state index < -0.39 is 0 Å². The standard InChI is InChI=1S/C38H58N2S4/c1-5-7-9-11-13-15-17-19-21-23-25-31-27-29(3)41-33(31)35-39-37-38(43-35)40-36(44-37)34-32(28-30(4)42-34)26-24-22-20-18-16-14-12-10-8-6-2/h27-28H,5-26H2,1-4H3. The SMILES string of the molecule is CCCCCCCCCCCCc1cc(C)sc1-c1nc2sc(-c3sc(C)cc3CCCCCCCCCCCC)nc2s1. The zero-order chi connectivity index (χ0) is 31.0. The van der Waals surface area contributed by atoms with E-state index in [1.165, 1.54) is 182 Å². The van der Waals surface area contributed by atoms with E-state index in [2.05, 4.69) is 39.8 Å². The normalized spacial score (nSPS) is 11.8. The molecule has 0 fully saturated rings. The Morgan fingerprint density at radius 3 is 1.09 bits per heavy atom. The summed E-state index contributed by atoms with van der Waals surface area (Å²) in [5, 5.41) is 2.36. The van der Waals surface area contributed by atoms with Gasteiger partial charge in [0.2, 0.25) is 0 Å². The van der Waals surface area contributed by atoms with Crippen molar-refractivity contribution in [3.63, 3.8) is 0 Å². The third-order valence-electron chi connectivity index (χ3n) is 8.83. The van der Waals surface area contributed by atoms with Gasteiger partial charge in [0.25, 0.3) is 0 Å². The van der Waals surface area contributed by atoms with Crippen LogP contribution in [-0.2, 0) is 12.8 Å². The van der Waals surface area contributed by atoms with Crippen molar-refractivity contribution in [1.82, 2.24) is 9.97 Å². The fourth-order valence-corrected chi connectivity index (χ4v) is 10.7. The van der Waals surface area contributed by atoms with Crippen molar-refractivity contribution in [3.05, 3.63) is 33.0 Å². The Hall–Kier alpha value is -1.08. The second kappa shape index (κ2) is 20.2. The maximum atomic E-state index is 5.16. The molecule has 4 heterocycles. The van der Waals surface area contributed by atoms with Gasteiger partial charge in [-0.15, -0.1) is 22.7 Å². The molecule has 2 nitrogen and oxygen atoms in total. The molecule has 0 aliphatic rings. The number of aromatic nitrogens is 2. The molecule has 0 amide bonds. The zero-order valence-electron chi connectivity index (χ0n) is 28.2. The maximum Gasteiger partial charge on any atom is 0.155 e. The third-order valence-corrected chi connectivity index (χ3v) is 13.3. The molecule has 0 aliphatic heterocycles. The quantitative estimate of drug-likeness (QED) is 0.0693. The molecule has 0 saturated carbocycles. The van der Waals surface area contributed by atoms with E-state index in [1.54, 1.807) is 22.7 Å². The van der Waals surface area contributed by atoms with Crippen LogP contribution in [0.2, 0.25) is 0 Å². The number of hydrogen-bond acceptors (Lipinski definition) is 6. The van der Waals surface area contributed by atoms with Crippen LogP contribution in [0.5, 0.6) is 0 Å². The molecule has 0 bridgehead atoms. The molecule has 6 heteroatoms. The van der Waals surface area contributed by atoms with Crippen molar-refractivity contribution in [2.24, 2.45) is 0 Å². The van der Waals surface area contributed by atoms with Crippen LogP contribution < -0.4 is 0 Å². The molecule has 4 aromatic rings. The summed E-state index contributed by atoms with van der Waals surface area (Å²) in [7, 11) is 0. The van der Waals surface area contributed by atoms with Crippen LogP contribution >= 0.6 is 45.3 Å². The average Bonchev–Trinajstić information content (AvgIpc) is 3.77. The number of unbranched alkanes of at least 4 members (excludes halogenated alkanes) is 18. The second-order valence-electron chi connectivity index (χ2n) is 12.9. The Kier molecular flexibility index (Phi) is 16.4. The lowest BCUT2D eigenvalue weighted by atomic mass is 10.0. The number of rotatable bonds is 24. The fraction of sp³-hybridized carbons (Fsp3) is 0.684. The number of fused-ring (bicyclic) bond motifs is 1. The monoisotopic (exact) mass is 670 g/mol. The minimum Gasteiger partial charge on any atom is -0.222 e. The van der Waals surface area contributed by atoms with Crippen LogP contribution in [0.25, 0.3) is 29.4 Å². The van der Waals surface area contributed by atoms with Gasteiger partial charge in [-0.25, -0.2) is 9.97 Å². The van der Waals surface area contributed by atoms with Gasteiger partial charge >= 0.3 is 0 Å². The molecule has 0 unspecified atom stereocenters. The highest BCUT2D eigenvalue weighted by atomic mass is 32.1. The van der Waals surface area contributed by atoms with Gasteiger partial charge in [0.05, 0.1) is 9.75 Å². The number of thiophene rings is 2. The van der Waals surface area contributed by atoms with Gasteiger partial charge < -0.3 is 0 Å². The highest BCUT2D eigenvalue weighted by Crippen LogP contribution is 2.43. The third kappa shape index (κ3) is 11.6. The van der Waals surface area contributed by atoms with Crippen molar-refractivity contribution >= 4 is 55.0 Å². The van der Waals surface area contributed by atoms with Gasteiger partial charge in [-0.05, 0) is 62.8 Å². The minimum atomic E-state index is 1.12. The Morgan fingerprint density at radius 1 is 0.432 bits per heavy atom. The number of hydrogen-bond donors (Lipinski definition) is 0. The van der Waals surface area contributed by atoms with Crippen molar-refractivity contribution < 1.29 is 0 Å². The molecular weight excluding hydrogens is 613 g/mol. The summed E-state index contributed by atoms with van der Waals surface area (Å²) in [4.78, 5) is 18.1. The van der Waals surface area contributed by atoms with E-state index in [1.807, 2.05) is 22.7 Å². The smallest absolute Gasteiger partial charge is 0.155 e. The largest absolute Gasteiger partial charge is 0.222 e. The Labute approximate surface area is 285 Å². The van der Waals surface area contributed by atoms with Crippen LogP contribution in [0, 0.1) is 13.8 Å². The molecule has 244 valence electrons. The molecule has 44 heavy (non-hydrogen) atoms.